The number of rotatable bonds is 6. The van der Waals surface area contributed by atoms with Gasteiger partial charge in [0.25, 0.3) is 0 Å². The molecule has 0 saturated carbocycles. The molecule has 0 radical (unpaired) electrons. The molecule has 9 heteroatoms. The molecular weight excluding hydrogens is 358 g/mol. The maximum atomic E-state index is 9.21. The molecule has 9 nitrogen and oxygen atoms in total. The highest BCUT2D eigenvalue weighted by molar-refractivity contribution is 5.84. The fraction of sp³-hybridized carbons (Fsp3) is 0.737. The van der Waals surface area contributed by atoms with Gasteiger partial charge in [0.2, 0.25) is 5.95 Å². The molecule has 2 N–H and O–H groups in total. The van der Waals surface area contributed by atoms with Gasteiger partial charge in [-0.1, -0.05) is 0 Å². The Morgan fingerprint density at radius 2 is 1.93 bits per heavy atom. The summed E-state index contributed by atoms with van der Waals surface area (Å²) in [6.45, 7) is 10.4. The summed E-state index contributed by atoms with van der Waals surface area (Å²) in [5.74, 6) is 1.44. The highest BCUT2D eigenvalue weighted by Gasteiger charge is 2.27. The number of hydrogen-bond donors (Lipinski definition) is 2. The lowest BCUT2D eigenvalue weighted by Crippen LogP contribution is -2.49. The van der Waals surface area contributed by atoms with Crippen molar-refractivity contribution in [2.24, 2.45) is 0 Å². The number of aliphatic hydroxyl groups excluding tert-OH is 1. The van der Waals surface area contributed by atoms with Crippen molar-refractivity contribution in [2.45, 2.75) is 38.8 Å². The van der Waals surface area contributed by atoms with Crippen molar-refractivity contribution in [2.75, 3.05) is 62.8 Å². The summed E-state index contributed by atoms with van der Waals surface area (Å²) in [6.07, 6.45) is 4.05. The van der Waals surface area contributed by atoms with Crippen LogP contribution in [0.3, 0.4) is 0 Å². The lowest BCUT2D eigenvalue weighted by atomic mass is 10.0. The van der Waals surface area contributed by atoms with Gasteiger partial charge in [0.05, 0.1) is 26.1 Å². The molecule has 0 bridgehead atoms. The molecule has 2 fully saturated rings. The molecule has 0 aliphatic carbocycles. The van der Waals surface area contributed by atoms with Crippen LogP contribution in [-0.4, -0.2) is 88.1 Å². The quantitative estimate of drug-likeness (QED) is 0.759. The van der Waals surface area contributed by atoms with Crippen molar-refractivity contribution in [3.05, 3.63) is 6.33 Å². The molecule has 28 heavy (non-hydrogen) atoms. The molecule has 2 saturated heterocycles. The summed E-state index contributed by atoms with van der Waals surface area (Å²) in [7, 11) is 0. The third-order valence-corrected chi connectivity index (χ3v) is 5.68. The number of imidazole rings is 1. The molecule has 2 aliphatic rings. The van der Waals surface area contributed by atoms with Gasteiger partial charge in [0.1, 0.15) is 0 Å². The summed E-state index contributed by atoms with van der Waals surface area (Å²) in [5, 5.41) is 12.4. The highest BCUT2D eigenvalue weighted by atomic mass is 16.5. The first-order valence-electron chi connectivity index (χ1n) is 10.3. The fourth-order valence-corrected chi connectivity index (χ4v) is 4.10. The minimum absolute atomic E-state index is 0.0522. The Hall–Kier alpha value is -1.97. The number of aliphatic hydroxyl groups is 1. The van der Waals surface area contributed by atoms with Crippen molar-refractivity contribution in [3.8, 4) is 0 Å². The number of fused-ring (bicyclic) bond motifs is 1. The second kappa shape index (κ2) is 8.59. The molecule has 4 rings (SSSR count). The average Bonchev–Trinajstić information content (AvgIpc) is 3.17. The Kier molecular flexibility index (Phi) is 5.93. The van der Waals surface area contributed by atoms with Crippen LogP contribution in [0.1, 0.15) is 32.7 Å². The standard InChI is InChI=1S/C19H31N7O2/c1-14(2)26-13-21-16-17(20-5-10-27)22-19(23-18(16)26)25-6-3-15(4-7-25)24-8-11-28-12-9-24/h13-15,27H,3-12H2,1-2H3,(H,20,22,23). The van der Waals surface area contributed by atoms with Gasteiger partial charge in [-0.25, -0.2) is 4.98 Å². The molecule has 4 heterocycles. The van der Waals surface area contributed by atoms with Crippen molar-refractivity contribution in [1.29, 1.82) is 0 Å². The van der Waals surface area contributed by atoms with Crippen LogP contribution in [0.25, 0.3) is 11.2 Å². The van der Waals surface area contributed by atoms with E-state index < -0.39 is 0 Å². The van der Waals surface area contributed by atoms with E-state index in [0.717, 1.165) is 69.3 Å². The van der Waals surface area contributed by atoms with Gasteiger partial charge in [-0.05, 0) is 26.7 Å². The largest absolute Gasteiger partial charge is 0.395 e. The first-order chi connectivity index (χ1) is 13.7. The summed E-state index contributed by atoms with van der Waals surface area (Å²) >= 11 is 0. The molecule has 0 unspecified atom stereocenters. The molecule has 0 spiro atoms. The molecule has 2 aromatic heterocycles. The molecule has 2 aromatic rings. The van der Waals surface area contributed by atoms with E-state index in [4.69, 9.17) is 14.7 Å². The van der Waals surface area contributed by atoms with Crippen LogP contribution < -0.4 is 10.2 Å². The first kappa shape index (κ1) is 19.4. The van der Waals surface area contributed by atoms with Crippen LogP contribution in [0.15, 0.2) is 6.33 Å². The van der Waals surface area contributed by atoms with Crippen LogP contribution in [0.5, 0.6) is 0 Å². The minimum Gasteiger partial charge on any atom is -0.395 e. The van der Waals surface area contributed by atoms with Gasteiger partial charge in [0, 0.05) is 44.8 Å². The number of piperidine rings is 1. The second-order valence-corrected chi connectivity index (χ2v) is 7.81. The van der Waals surface area contributed by atoms with Crippen LogP contribution in [-0.2, 0) is 4.74 Å². The molecule has 154 valence electrons. The van der Waals surface area contributed by atoms with Crippen molar-refractivity contribution in [1.82, 2.24) is 24.4 Å². The van der Waals surface area contributed by atoms with Crippen LogP contribution in [0.2, 0.25) is 0 Å². The highest BCUT2D eigenvalue weighted by Crippen LogP contribution is 2.27. The number of nitrogens with zero attached hydrogens (tertiary/aromatic N) is 6. The number of nitrogens with one attached hydrogen (secondary N) is 1. The third-order valence-electron chi connectivity index (χ3n) is 5.68. The van der Waals surface area contributed by atoms with E-state index in [1.54, 1.807) is 0 Å². The van der Waals surface area contributed by atoms with E-state index >= 15 is 0 Å². The van der Waals surface area contributed by atoms with E-state index in [0.29, 0.717) is 18.4 Å². The lowest BCUT2D eigenvalue weighted by molar-refractivity contribution is 0.0114. The predicted molar refractivity (Wildman–Crippen MR) is 109 cm³/mol. The van der Waals surface area contributed by atoms with Crippen LogP contribution in [0.4, 0.5) is 11.8 Å². The van der Waals surface area contributed by atoms with Crippen molar-refractivity contribution >= 4 is 22.9 Å². The van der Waals surface area contributed by atoms with E-state index in [1.165, 1.54) is 0 Å². The zero-order valence-corrected chi connectivity index (χ0v) is 16.8. The maximum Gasteiger partial charge on any atom is 0.229 e. The van der Waals surface area contributed by atoms with Gasteiger partial charge >= 0.3 is 0 Å². The van der Waals surface area contributed by atoms with E-state index in [9.17, 15) is 5.11 Å². The average molecular weight is 390 g/mol. The minimum atomic E-state index is 0.0522. The van der Waals surface area contributed by atoms with Crippen LogP contribution >= 0.6 is 0 Å². The van der Waals surface area contributed by atoms with Gasteiger partial charge in [-0.2, -0.15) is 9.97 Å². The fourth-order valence-electron chi connectivity index (χ4n) is 4.10. The summed E-state index contributed by atoms with van der Waals surface area (Å²) in [6, 6.07) is 0.891. The Balaban J connectivity index is 1.55. The first-order valence-corrected chi connectivity index (χ1v) is 10.3. The second-order valence-electron chi connectivity index (χ2n) is 7.81. The van der Waals surface area contributed by atoms with Gasteiger partial charge in [-0.3, -0.25) is 4.90 Å². The summed E-state index contributed by atoms with van der Waals surface area (Å²) in [4.78, 5) is 19.0. The Labute approximate surface area is 165 Å². The molecule has 0 atom stereocenters. The van der Waals surface area contributed by atoms with Gasteiger partial charge in [0.15, 0.2) is 17.0 Å². The van der Waals surface area contributed by atoms with E-state index in [1.807, 2.05) is 6.33 Å². The lowest BCUT2D eigenvalue weighted by Gasteiger charge is -2.40. The number of morpholine rings is 1. The topological polar surface area (TPSA) is 91.6 Å². The molecule has 0 amide bonds. The number of ether oxygens (including phenoxy) is 1. The number of aromatic nitrogens is 4. The van der Waals surface area contributed by atoms with Crippen LogP contribution in [0, 0.1) is 0 Å². The predicted octanol–water partition coefficient (Wildman–Crippen LogP) is 1.11. The van der Waals surface area contributed by atoms with E-state index in [2.05, 4.69) is 38.5 Å². The Bertz CT molecular complexity index is 780. The summed E-state index contributed by atoms with van der Waals surface area (Å²) < 4.78 is 7.56. The molecule has 2 aliphatic heterocycles. The van der Waals surface area contributed by atoms with E-state index in [-0.39, 0.29) is 12.6 Å². The number of hydrogen-bond acceptors (Lipinski definition) is 8. The molecular formula is C19H31N7O2. The SMILES string of the molecule is CC(C)n1cnc2c(NCCO)nc(N3CCC(N4CCOCC4)CC3)nc21. The smallest absolute Gasteiger partial charge is 0.229 e. The maximum absolute atomic E-state index is 9.21. The summed E-state index contributed by atoms with van der Waals surface area (Å²) in [5.41, 5.74) is 1.60. The number of anilines is 2. The molecule has 0 aromatic carbocycles. The van der Waals surface area contributed by atoms with Gasteiger partial charge in [-0.15, -0.1) is 0 Å². The Morgan fingerprint density at radius 3 is 2.61 bits per heavy atom. The monoisotopic (exact) mass is 389 g/mol. The zero-order chi connectivity index (χ0) is 19.5. The normalized spacial score (nSPS) is 19.6. The Morgan fingerprint density at radius 1 is 1.18 bits per heavy atom. The zero-order valence-electron chi connectivity index (χ0n) is 16.8. The third kappa shape index (κ3) is 3.92. The van der Waals surface area contributed by atoms with Crippen molar-refractivity contribution in [3.63, 3.8) is 0 Å². The van der Waals surface area contributed by atoms with Crippen molar-refractivity contribution < 1.29 is 9.84 Å². The van der Waals surface area contributed by atoms with Gasteiger partial charge < -0.3 is 24.6 Å².